The van der Waals surface area contributed by atoms with Crippen molar-refractivity contribution in [3.8, 4) is 0 Å². The van der Waals surface area contributed by atoms with E-state index in [1.54, 1.807) is 18.2 Å². The maximum Gasteiger partial charge on any atom is 0.255 e. The Morgan fingerprint density at radius 2 is 1.90 bits per heavy atom. The minimum absolute atomic E-state index is 0.174. The molecule has 2 aromatic rings. The van der Waals surface area contributed by atoms with Gasteiger partial charge in [-0.05, 0) is 71.5 Å². The van der Waals surface area contributed by atoms with Gasteiger partial charge in [0.15, 0.2) is 0 Å². The number of hydrogen-bond donors (Lipinski definition) is 2. The van der Waals surface area contributed by atoms with E-state index >= 15 is 0 Å². The highest BCUT2D eigenvalue weighted by Crippen LogP contribution is 2.24. The minimum Gasteiger partial charge on any atom is -0.330 e. The molecule has 0 aliphatic rings. The number of nitrogens with two attached hydrogens (primary N) is 1. The van der Waals surface area contributed by atoms with Gasteiger partial charge in [0.1, 0.15) is 0 Å². The molecule has 0 fully saturated rings. The van der Waals surface area contributed by atoms with Crippen LogP contribution < -0.4 is 11.1 Å². The van der Waals surface area contributed by atoms with E-state index in [2.05, 4.69) is 27.9 Å². The largest absolute Gasteiger partial charge is 0.330 e. The fraction of sp³-hybridized carbons (Fsp3) is 0.133. The van der Waals surface area contributed by atoms with Gasteiger partial charge in [-0.15, -0.1) is 0 Å². The van der Waals surface area contributed by atoms with Crippen molar-refractivity contribution in [2.24, 2.45) is 5.73 Å². The molecule has 3 nitrogen and oxygen atoms in total. The van der Waals surface area contributed by atoms with Crippen LogP contribution in [0.1, 0.15) is 15.9 Å². The number of rotatable bonds is 4. The average Bonchev–Trinajstić information content (AvgIpc) is 2.43. The molecule has 3 N–H and O–H groups in total. The summed E-state index contributed by atoms with van der Waals surface area (Å²) in [7, 11) is 0. The van der Waals surface area contributed by atoms with E-state index in [4.69, 9.17) is 17.3 Å². The smallest absolute Gasteiger partial charge is 0.255 e. The van der Waals surface area contributed by atoms with Gasteiger partial charge in [0.05, 0.1) is 10.7 Å². The number of anilines is 1. The summed E-state index contributed by atoms with van der Waals surface area (Å²) >= 11 is 8.27. The second kappa shape index (κ2) is 7.06. The summed E-state index contributed by atoms with van der Waals surface area (Å²) in [6, 6.07) is 12.9. The van der Waals surface area contributed by atoms with Gasteiger partial charge < -0.3 is 11.1 Å². The van der Waals surface area contributed by atoms with Gasteiger partial charge in [0.2, 0.25) is 0 Å². The molecular weight excluding hydrogens is 387 g/mol. The molecule has 0 aliphatic carbocycles. The third kappa shape index (κ3) is 3.94. The number of halogens is 2. The Morgan fingerprint density at radius 3 is 2.50 bits per heavy atom. The van der Waals surface area contributed by atoms with Crippen LogP contribution in [0, 0.1) is 3.57 Å². The summed E-state index contributed by atoms with van der Waals surface area (Å²) in [5.41, 5.74) is 7.83. The second-order valence-corrected chi connectivity index (χ2v) is 5.97. The van der Waals surface area contributed by atoms with Crippen molar-refractivity contribution in [1.82, 2.24) is 0 Å². The van der Waals surface area contributed by atoms with Gasteiger partial charge in [0.25, 0.3) is 5.91 Å². The molecule has 0 unspecified atom stereocenters. The van der Waals surface area contributed by atoms with E-state index in [9.17, 15) is 4.79 Å². The molecule has 0 radical (unpaired) electrons. The molecule has 0 saturated carbocycles. The third-order valence-corrected chi connectivity index (χ3v) is 3.81. The number of amides is 1. The maximum absolute atomic E-state index is 12.1. The zero-order chi connectivity index (χ0) is 14.5. The lowest BCUT2D eigenvalue weighted by atomic mass is 10.1. The number of benzene rings is 2. The van der Waals surface area contributed by atoms with Gasteiger partial charge >= 0.3 is 0 Å². The van der Waals surface area contributed by atoms with Crippen molar-refractivity contribution in [1.29, 1.82) is 0 Å². The van der Waals surface area contributed by atoms with Crippen LogP contribution in [0.25, 0.3) is 0 Å². The lowest BCUT2D eigenvalue weighted by Gasteiger charge is -2.08. The van der Waals surface area contributed by atoms with Crippen molar-refractivity contribution in [2.75, 3.05) is 11.9 Å². The van der Waals surface area contributed by atoms with Crippen LogP contribution in [0.15, 0.2) is 42.5 Å². The summed E-state index contributed by atoms with van der Waals surface area (Å²) < 4.78 is 1.02. The highest BCUT2D eigenvalue weighted by molar-refractivity contribution is 14.1. The minimum atomic E-state index is -0.174. The molecule has 0 bridgehead atoms. The van der Waals surface area contributed by atoms with Crippen LogP contribution in [-0.2, 0) is 6.42 Å². The molecule has 2 aromatic carbocycles. The van der Waals surface area contributed by atoms with E-state index < -0.39 is 0 Å². The lowest BCUT2D eigenvalue weighted by molar-refractivity contribution is 0.102. The normalized spacial score (nSPS) is 10.3. The van der Waals surface area contributed by atoms with Gasteiger partial charge in [-0.2, -0.15) is 0 Å². The Balaban J connectivity index is 2.11. The predicted molar refractivity (Wildman–Crippen MR) is 91.3 cm³/mol. The van der Waals surface area contributed by atoms with Crippen molar-refractivity contribution in [3.63, 3.8) is 0 Å². The Morgan fingerprint density at radius 1 is 1.20 bits per heavy atom. The first-order valence-electron chi connectivity index (χ1n) is 6.15. The molecule has 2 rings (SSSR count). The van der Waals surface area contributed by atoms with Gasteiger partial charge in [-0.25, -0.2) is 0 Å². The first kappa shape index (κ1) is 15.3. The van der Waals surface area contributed by atoms with Crippen LogP contribution in [0.5, 0.6) is 0 Å². The van der Waals surface area contributed by atoms with Crippen molar-refractivity contribution in [2.45, 2.75) is 6.42 Å². The molecule has 1 amide bonds. The van der Waals surface area contributed by atoms with Crippen LogP contribution >= 0.6 is 34.2 Å². The fourth-order valence-electron chi connectivity index (χ4n) is 1.77. The Hall–Kier alpha value is -1.11. The van der Waals surface area contributed by atoms with Crippen LogP contribution in [0.2, 0.25) is 5.02 Å². The SMILES string of the molecule is NCCc1ccc(C(=O)Nc2ccc(I)cc2Cl)cc1. The van der Waals surface area contributed by atoms with Crippen LogP contribution in [-0.4, -0.2) is 12.5 Å². The lowest BCUT2D eigenvalue weighted by Crippen LogP contribution is -2.12. The monoisotopic (exact) mass is 400 g/mol. The number of carbonyl (C=O) groups is 1. The molecule has 0 aromatic heterocycles. The molecule has 5 heteroatoms. The number of carbonyl (C=O) groups excluding carboxylic acids is 1. The fourth-order valence-corrected chi connectivity index (χ4v) is 2.68. The van der Waals surface area contributed by atoms with Crippen molar-refractivity contribution in [3.05, 3.63) is 62.2 Å². The Bertz CT molecular complexity index is 614. The molecule has 0 saturated heterocycles. The highest BCUT2D eigenvalue weighted by Gasteiger charge is 2.08. The molecule has 0 heterocycles. The second-order valence-electron chi connectivity index (χ2n) is 4.31. The zero-order valence-electron chi connectivity index (χ0n) is 10.7. The molecule has 104 valence electrons. The summed E-state index contributed by atoms with van der Waals surface area (Å²) in [6.07, 6.45) is 0.810. The van der Waals surface area contributed by atoms with E-state index in [0.29, 0.717) is 22.8 Å². The van der Waals surface area contributed by atoms with Gasteiger partial charge in [-0.1, -0.05) is 23.7 Å². The van der Waals surface area contributed by atoms with Crippen LogP contribution in [0.3, 0.4) is 0 Å². The van der Waals surface area contributed by atoms with E-state index in [-0.39, 0.29) is 5.91 Å². The highest BCUT2D eigenvalue weighted by atomic mass is 127. The molecule has 0 atom stereocenters. The first-order valence-corrected chi connectivity index (χ1v) is 7.61. The summed E-state index contributed by atoms with van der Waals surface area (Å²) in [6.45, 7) is 0.601. The first-order chi connectivity index (χ1) is 9.60. The summed E-state index contributed by atoms with van der Waals surface area (Å²) in [5, 5.41) is 3.34. The zero-order valence-corrected chi connectivity index (χ0v) is 13.6. The van der Waals surface area contributed by atoms with Crippen molar-refractivity contribution < 1.29 is 4.79 Å². The summed E-state index contributed by atoms with van der Waals surface area (Å²) in [5.74, 6) is -0.174. The quantitative estimate of drug-likeness (QED) is 0.769. The Kier molecular flexibility index (Phi) is 5.39. The number of hydrogen-bond acceptors (Lipinski definition) is 2. The predicted octanol–water partition coefficient (Wildman–Crippen LogP) is 3.70. The van der Waals surface area contributed by atoms with Gasteiger partial charge in [-0.3, -0.25) is 4.79 Å². The topological polar surface area (TPSA) is 55.1 Å². The van der Waals surface area contributed by atoms with E-state index in [1.165, 1.54) is 0 Å². The maximum atomic E-state index is 12.1. The van der Waals surface area contributed by atoms with Gasteiger partial charge in [0, 0.05) is 9.13 Å². The standard InChI is InChI=1S/C15H14ClIN2O/c16-13-9-12(17)5-6-14(13)19-15(20)11-3-1-10(2-4-11)7-8-18/h1-6,9H,7-8,18H2,(H,19,20). The van der Waals surface area contributed by atoms with E-state index in [0.717, 1.165) is 15.6 Å². The molecular formula is C15H14ClIN2O. The Labute approximate surface area is 136 Å². The molecule has 0 spiro atoms. The van der Waals surface area contributed by atoms with E-state index in [1.807, 2.05) is 24.3 Å². The number of nitrogens with one attached hydrogen (secondary N) is 1. The molecule has 20 heavy (non-hydrogen) atoms. The molecule has 0 aliphatic heterocycles. The summed E-state index contributed by atoms with van der Waals surface area (Å²) in [4.78, 5) is 12.1. The van der Waals surface area contributed by atoms with Crippen LogP contribution in [0.4, 0.5) is 5.69 Å². The third-order valence-electron chi connectivity index (χ3n) is 2.83. The van der Waals surface area contributed by atoms with Crippen molar-refractivity contribution >= 4 is 45.8 Å². The average molecular weight is 401 g/mol.